The Labute approximate surface area is 409 Å². The highest BCUT2D eigenvalue weighted by Gasteiger charge is 2.19. The lowest BCUT2D eigenvalue weighted by Gasteiger charge is -2.18. The summed E-state index contributed by atoms with van der Waals surface area (Å²) >= 11 is 0. The van der Waals surface area contributed by atoms with Crippen molar-refractivity contribution in [2.75, 3.05) is 13.2 Å². The molecule has 0 N–H and O–H groups in total. The first-order valence-corrected chi connectivity index (χ1v) is 28.7. The molecule has 0 rings (SSSR count). The Bertz CT molecular complexity index is 1150. The van der Waals surface area contributed by atoms with Gasteiger partial charge in [-0.05, 0) is 96.3 Å². The van der Waals surface area contributed by atoms with E-state index in [1.54, 1.807) is 0 Å². The van der Waals surface area contributed by atoms with Crippen molar-refractivity contribution in [2.24, 2.45) is 0 Å². The molecule has 6 heteroatoms. The first-order chi connectivity index (χ1) is 32.5. The van der Waals surface area contributed by atoms with E-state index in [2.05, 4.69) is 69.4 Å². The predicted octanol–water partition coefficient (Wildman–Crippen LogP) is 19.0. The van der Waals surface area contributed by atoms with Crippen molar-refractivity contribution in [3.63, 3.8) is 0 Å². The minimum absolute atomic E-state index is 0.0798. The van der Waals surface area contributed by atoms with E-state index in [1.807, 2.05) is 0 Å². The van der Waals surface area contributed by atoms with E-state index in [0.29, 0.717) is 19.3 Å². The molecule has 0 radical (unpaired) electrons. The van der Waals surface area contributed by atoms with Gasteiger partial charge in [-0.3, -0.25) is 14.4 Å². The average molecular weight is 926 g/mol. The minimum Gasteiger partial charge on any atom is -0.462 e. The van der Waals surface area contributed by atoms with Gasteiger partial charge in [0.1, 0.15) is 13.2 Å². The summed E-state index contributed by atoms with van der Waals surface area (Å²) in [5.74, 6) is -0.892. The monoisotopic (exact) mass is 925 g/mol. The van der Waals surface area contributed by atoms with Gasteiger partial charge in [0.15, 0.2) is 6.10 Å². The maximum absolute atomic E-state index is 12.8. The van der Waals surface area contributed by atoms with Gasteiger partial charge in [-0.2, -0.15) is 0 Å². The van der Waals surface area contributed by atoms with Gasteiger partial charge >= 0.3 is 17.9 Å². The molecule has 0 aliphatic rings. The third kappa shape index (κ3) is 52.3. The van der Waals surface area contributed by atoms with Crippen LogP contribution in [0.4, 0.5) is 0 Å². The molecule has 0 aliphatic heterocycles. The van der Waals surface area contributed by atoms with Crippen molar-refractivity contribution >= 4 is 17.9 Å². The lowest BCUT2D eigenvalue weighted by molar-refractivity contribution is -0.167. The maximum Gasteiger partial charge on any atom is 0.306 e. The van der Waals surface area contributed by atoms with Gasteiger partial charge in [-0.25, -0.2) is 0 Å². The number of hydrogen-bond donors (Lipinski definition) is 0. The quantitative estimate of drug-likeness (QED) is 0.0199. The van der Waals surface area contributed by atoms with Crippen LogP contribution in [0, 0.1) is 0 Å². The largest absolute Gasteiger partial charge is 0.462 e. The first kappa shape index (κ1) is 63.4. The molecule has 0 aromatic heterocycles. The standard InChI is InChI=1S/C60H108O6/c1-4-7-10-13-16-19-22-25-28-29-30-31-33-35-38-41-44-47-50-53-59(62)65-56-57(55-64-58(61)52-49-46-43-40-37-34-27-24-21-18-15-12-9-6-3)66-60(63)54-51-48-45-42-39-36-32-26-23-20-17-14-11-8-5-2/h16,19-20,22-23,25,34,37,57H,4-15,17-18,21,24,26-33,35-36,38-56H2,1-3H3/b19-16-,23-20-,25-22-,37-34-. The Kier molecular flexibility index (Phi) is 52.8. The molecule has 0 aromatic rings. The summed E-state index contributed by atoms with van der Waals surface area (Å²) in [6.07, 6.45) is 66.7. The van der Waals surface area contributed by atoms with Crippen molar-refractivity contribution in [1.82, 2.24) is 0 Å². The smallest absolute Gasteiger partial charge is 0.306 e. The molecular weight excluding hydrogens is 817 g/mol. The summed E-state index contributed by atoms with van der Waals surface area (Å²) in [6, 6.07) is 0. The molecule has 384 valence electrons. The second-order valence-corrected chi connectivity index (χ2v) is 19.2. The summed E-state index contributed by atoms with van der Waals surface area (Å²) in [6.45, 7) is 6.60. The van der Waals surface area contributed by atoms with Crippen molar-refractivity contribution in [3.8, 4) is 0 Å². The summed E-state index contributed by atoms with van der Waals surface area (Å²) in [7, 11) is 0. The number of esters is 3. The van der Waals surface area contributed by atoms with Crippen LogP contribution in [-0.2, 0) is 28.6 Å². The third-order valence-corrected chi connectivity index (χ3v) is 12.6. The number of rotatable bonds is 52. The molecule has 0 heterocycles. The van der Waals surface area contributed by atoms with E-state index in [-0.39, 0.29) is 31.1 Å². The van der Waals surface area contributed by atoms with Gasteiger partial charge in [0.05, 0.1) is 0 Å². The second kappa shape index (κ2) is 55.0. The lowest BCUT2D eigenvalue weighted by Crippen LogP contribution is -2.30. The van der Waals surface area contributed by atoms with Gasteiger partial charge < -0.3 is 14.2 Å². The summed E-state index contributed by atoms with van der Waals surface area (Å²) in [4.78, 5) is 38.1. The van der Waals surface area contributed by atoms with Crippen LogP contribution in [0.3, 0.4) is 0 Å². The van der Waals surface area contributed by atoms with Crippen LogP contribution in [0.15, 0.2) is 48.6 Å². The van der Waals surface area contributed by atoms with Gasteiger partial charge in [-0.15, -0.1) is 0 Å². The number of unbranched alkanes of at least 4 members (excludes halogenated alkanes) is 34. The maximum atomic E-state index is 12.8. The Balaban J connectivity index is 4.36. The Morgan fingerprint density at radius 3 is 0.909 bits per heavy atom. The van der Waals surface area contributed by atoms with Crippen LogP contribution in [0.1, 0.15) is 297 Å². The molecule has 1 atom stereocenters. The van der Waals surface area contributed by atoms with E-state index < -0.39 is 6.10 Å². The summed E-state index contributed by atoms with van der Waals surface area (Å²) in [5.41, 5.74) is 0. The topological polar surface area (TPSA) is 78.9 Å². The van der Waals surface area contributed by atoms with Crippen molar-refractivity contribution in [3.05, 3.63) is 48.6 Å². The van der Waals surface area contributed by atoms with E-state index in [0.717, 1.165) is 70.6 Å². The van der Waals surface area contributed by atoms with Crippen LogP contribution in [0.25, 0.3) is 0 Å². The zero-order valence-corrected chi connectivity index (χ0v) is 44.0. The fourth-order valence-electron chi connectivity index (χ4n) is 8.19. The molecule has 66 heavy (non-hydrogen) atoms. The molecule has 0 aliphatic carbocycles. The summed E-state index contributed by atoms with van der Waals surface area (Å²) < 4.78 is 16.9. The van der Waals surface area contributed by atoms with E-state index in [4.69, 9.17) is 14.2 Å². The number of ether oxygens (including phenoxy) is 3. The Hall–Kier alpha value is -2.63. The number of hydrogen-bond acceptors (Lipinski definition) is 6. The second-order valence-electron chi connectivity index (χ2n) is 19.2. The van der Waals surface area contributed by atoms with Gasteiger partial charge in [-0.1, -0.05) is 230 Å². The molecule has 0 amide bonds. The average Bonchev–Trinajstić information content (AvgIpc) is 3.31. The predicted molar refractivity (Wildman–Crippen MR) is 284 cm³/mol. The van der Waals surface area contributed by atoms with E-state index in [9.17, 15) is 14.4 Å². The van der Waals surface area contributed by atoms with Crippen molar-refractivity contribution < 1.29 is 28.6 Å². The normalized spacial score (nSPS) is 12.3. The highest BCUT2D eigenvalue weighted by Crippen LogP contribution is 2.15. The van der Waals surface area contributed by atoms with Crippen molar-refractivity contribution in [2.45, 2.75) is 303 Å². The van der Waals surface area contributed by atoms with E-state index in [1.165, 1.54) is 186 Å². The van der Waals surface area contributed by atoms with Crippen LogP contribution >= 0.6 is 0 Å². The summed E-state index contributed by atoms with van der Waals surface area (Å²) in [5, 5.41) is 0. The van der Waals surface area contributed by atoms with Crippen molar-refractivity contribution in [1.29, 1.82) is 0 Å². The SMILES string of the molecule is CCCCC/C=C\C=C/CCCCCCCCCCCCC(=O)OCC(COC(=O)CCCCC/C=C\CCCCCCCCC)OC(=O)CCCCCCCCC/C=C\CCCCCC. The molecular formula is C60H108O6. The first-order valence-electron chi connectivity index (χ1n) is 28.7. The van der Waals surface area contributed by atoms with E-state index >= 15 is 0 Å². The fourth-order valence-corrected chi connectivity index (χ4v) is 8.19. The van der Waals surface area contributed by atoms with Crippen LogP contribution < -0.4 is 0 Å². The zero-order chi connectivity index (χ0) is 47.9. The highest BCUT2D eigenvalue weighted by molar-refractivity contribution is 5.71. The minimum atomic E-state index is -0.781. The van der Waals surface area contributed by atoms with Crippen LogP contribution in [0.2, 0.25) is 0 Å². The zero-order valence-electron chi connectivity index (χ0n) is 44.0. The van der Waals surface area contributed by atoms with Crippen LogP contribution in [-0.4, -0.2) is 37.2 Å². The molecule has 0 bridgehead atoms. The molecule has 0 fully saturated rings. The van der Waals surface area contributed by atoms with Gasteiger partial charge in [0, 0.05) is 19.3 Å². The number of carbonyl (C=O) groups is 3. The Morgan fingerprint density at radius 2 is 0.545 bits per heavy atom. The van der Waals surface area contributed by atoms with Gasteiger partial charge in [0.25, 0.3) is 0 Å². The number of carbonyl (C=O) groups excluding carboxylic acids is 3. The molecule has 6 nitrogen and oxygen atoms in total. The molecule has 0 saturated heterocycles. The highest BCUT2D eigenvalue weighted by atomic mass is 16.6. The molecule has 0 saturated carbocycles. The molecule has 1 unspecified atom stereocenters. The third-order valence-electron chi connectivity index (χ3n) is 12.6. The van der Waals surface area contributed by atoms with Crippen LogP contribution in [0.5, 0.6) is 0 Å². The number of allylic oxidation sites excluding steroid dienone is 8. The lowest BCUT2D eigenvalue weighted by atomic mass is 10.1. The Morgan fingerprint density at radius 1 is 0.303 bits per heavy atom. The molecule has 0 spiro atoms. The van der Waals surface area contributed by atoms with Gasteiger partial charge in [0.2, 0.25) is 0 Å². The molecule has 0 aromatic carbocycles. The fraction of sp³-hybridized carbons (Fsp3) is 0.817.